The molecule has 25 heavy (non-hydrogen) atoms. The minimum absolute atomic E-state index is 0. The average Bonchev–Trinajstić information content (AvgIpc) is 3.10. The fourth-order valence-electron chi connectivity index (χ4n) is 2.77. The van der Waals surface area contributed by atoms with Gasteiger partial charge in [0, 0.05) is 31.7 Å². The van der Waals surface area contributed by atoms with Crippen molar-refractivity contribution in [1.29, 1.82) is 0 Å². The Balaban J connectivity index is 0.00000225. The molecular formula is C18H22ClN3O3. The largest absolute Gasteiger partial charge is 0.467 e. The SMILES string of the molecule is Cc1ccc(C(=O)N2CCN(C(=O)c3coc(CN)c3)CC2)cc1.Cl. The molecule has 2 aromatic rings. The normalized spacial score (nSPS) is 14.2. The summed E-state index contributed by atoms with van der Waals surface area (Å²) >= 11 is 0. The van der Waals surface area contributed by atoms with E-state index in [1.807, 2.05) is 31.2 Å². The van der Waals surface area contributed by atoms with E-state index < -0.39 is 0 Å². The summed E-state index contributed by atoms with van der Waals surface area (Å²) in [5.41, 5.74) is 7.81. The monoisotopic (exact) mass is 363 g/mol. The molecule has 0 saturated carbocycles. The number of piperazine rings is 1. The van der Waals surface area contributed by atoms with Gasteiger partial charge in [-0.3, -0.25) is 9.59 Å². The van der Waals surface area contributed by atoms with E-state index in [4.69, 9.17) is 10.2 Å². The fraction of sp³-hybridized carbons (Fsp3) is 0.333. The Labute approximate surface area is 153 Å². The van der Waals surface area contributed by atoms with Crippen LogP contribution in [0.25, 0.3) is 0 Å². The van der Waals surface area contributed by atoms with Crippen molar-refractivity contribution in [3.8, 4) is 0 Å². The summed E-state index contributed by atoms with van der Waals surface area (Å²) in [6.07, 6.45) is 1.44. The van der Waals surface area contributed by atoms with Gasteiger partial charge in [0.2, 0.25) is 0 Å². The minimum Gasteiger partial charge on any atom is -0.467 e. The molecule has 134 valence electrons. The summed E-state index contributed by atoms with van der Waals surface area (Å²) in [5, 5.41) is 0. The lowest BCUT2D eigenvalue weighted by Crippen LogP contribution is -2.50. The first-order chi connectivity index (χ1) is 11.6. The van der Waals surface area contributed by atoms with Crippen LogP contribution < -0.4 is 5.73 Å². The van der Waals surface area contributed by atoms with Gasteiger partial charge in [-0.2, -0.15) is 0 Å². The molecule has 1 aromatic heterocycles. The number of hydrogen-bond donors (Lipinski definition) is 1. The van der Waals surface area contributed by atoms with Crippen molar-refractivity contribution in [3.05, 3.63) is 59.0 Å². The van der Waals surface area contributed by atoms with Crippen molar-refractivity contribution < 1.29 is 14.0 Å². The van der Waals surface area contributed by atoms with E-state index in [-0.39, 0.29) is 30.8 Å². The fourth-order valence-corrected chi connectivity index (χ4v) is 2.77. The molecule has 0 unspecified atom stereocenters. The van der Waals surface area contributed by atoms with Crippen LogP contribution in [0.5, 0.6) is 0 Å². The van der Waals surface area contributed by atoms with Crippen LogP contribution >= 0.6 is 12.4 Å². The molecule has 1 fully saturated rings. The standard InChI is InChI=1S/C18H21N3O3.ClH/c1-13-2-4-14(5-3-13)17(22)20-6-8-21(9-7-20)18(23)15-10-16(11-19)24-12-15;/h2-5,10,12H,6-9,11,19H2,1H3;1H. The lowest BCUT2D eigenvalue weighted by Gasteiger charge is -2.34. The zero-order valence-corrected chi connectivity index (χ0v) is 14.9. The number of carbonyl (C=O) groups excluding carboxylic acids is 2. The van der Waals surface area contributed by atoms with Gasteiger partial charge in [0.15, 0.2) is 0 Å². The van der Waals surface area contributed by atoms with E-state index >= 15 is 0 Å². The van der Waals surface area contributed by atoms with Crippen molar-refractivity contribution in [2.75, 3.05) is 26.2 Å². The number of halogens is 1. The molecule has 0 aliphatic carbocycles. The second kappa shape index (κ2) is 8.18. The first kappa shape index (κ1) is 19.0. The summed E-state index contributed by atoms with van der Waals surface area (Å²) < 4.78 is 5.22. The summed E-state index contributed by atoms with van der Waals surface area (Å²) in [6.45, 7) is 4.34. The number of hydrogen-bond acceptors (Lipinski definition) is 4. The molecule has 1 aliphatic heterocycles. The van der Waals surface area contributed by atoms with E-state index in [1.165, 1.54) is 6.26 Å². The molecule has 0 radical (unpaired) electrons. The zero-order chi connectivity index (χ0) is 17.1. The molecule has 0 atom stereocenters. The lowest BCUT2D eigenvalue weighted by molar-refractivity contribution is 0.0535. The molecule has 1 aliphatic rings. The van der Waals surface area contributed by atoms with Crippen LogP contribution in [0.1, 0.15) is 32.0 Å². The van der Waals surface area contributed by atoms with Crippen LogP contribution in [-0.2, 0) is 6.54 Å². The first-order valence-electron chi connectivity index (χ1n) is 8.01. The van der Waals surface area contributed by atoms with Gasteiger partial charge in [-0.15, -0.1) is 12.4 Å². The van der Waals surface area contributed by atoms with Gasteiger partial charge in [0.1, 0.15) is 12.0 Å². The Morgan fingerprint density at radius 2 is 1.52 bits per heavy atom. The van der Waals surface area contributed by atoms with Crippen molar-refractivity contribution in [2.45, 2.75) is 13.5 Å². The summed E-state index contributed by atoms with van der Waals surface area (Å²) in [4.78, 5) is 28.5. The van der Waals surface area contributed by atoms with E-state index in [0.29, 0.717) is 43.1 Å². The molecule has 2 heterocycles. The zero-order valence-electron chi connectivity index (χ0n) is 14.1. The Morgan fingerprint density at radius 3 is 2.00 bits per heavy atom. The Morgan fingerprint density at radius 1 is 1.00 bits per heavy atom. The molecule has 0 spiro atoms. The molecule has 1 aromatic carbocycles. The molecule has 1 saturated heterocycles. The highest BCUT2D eigenvalue weighted by molar-refractivity contribution is 5.96. The Hall–Kier alpha value is -2.31. The second-order valence-corrected chi connectivity index (χ2v) is 5.96. The Bertz CT molecular complexity index is 734. The van der Waals surface area contributed by atoms with Gasteiger partial charge in [0.05, 0.1) is 12.1 Å². The third-order valence-corrected chi connectivity index (χ3v) is 4.25. The van der Waals surface area contributed by atoms with Crippen LogP contribution in [-0.4, -0.2) is 47.8 Å². The quantitative estimate of drug-likeness (QED) is 0.905. The van der Waals surface area contributed by atoms with Gasteiger partial charge >= 0.3 is 0 Å². The van der Waals surface area contributed by atoms with Crippen LogP contribution in [0.2, 0.25) is 0 Å². The van der Waals surface area contributed by atoms with Gasteiger partial charge in [-0.05, 0) is 25.1 Å². The number of amides is 2. The highest BCUT2D eigenvalue weighted by Gasteiger charge is 2.26. The molecule has 0 bridgehead atoms. The highest BCUT2D eigenvalue weighted by Crippen LogP contribution is 2.14. The minimum atomic E-state index is -0.0825. The van der Waals surface area contributed by atoms with Gasteiger partial charge in [-0.1, -0.05) is 17.7 Å². The summed E-state index contributed by atoms with van der Waals surface area (Å²) in [5.74, 6) is 0.517. The summed E-state index contributed by atoms with van der Waals surface area (Å²) in [6, 6.07) is 9.22. The van der Waals surface area contributed by atoms with E-state index in [9.17, 15) is 9.59 Å². The number of carbonyl (C=O) groups is 2. The number of nitrogens with zero attached hydrogens (tertiary/aromatic N) is 2. The predicted molar refractivity (Wildman–Crippen MR) is 96.8 cm³/mol. The van der Waals surface area contributed by atoms with Crippen molar-refractivity contribution >= 4 is 24.2 Å². The van der Waals surface area contributed by atoms with Crippen LogP contribution in [0.4, 0.5) is 0 Å². The van der Waals surface area contributed by atoms with Crippen LogP contribution in [0, 0.1) is 6.92 Å². The molecule has 7 heteroatoms. The van der Waals surface area contributed by atoms with Gasteiger partial charge in [-0.25, -0.2) is 0 Å². The molecule has 2 amide bonds. The molecule has 6 nitrogen and oxygen atoms in total. The van der Waals surface area contributed by atoms with E-state index in [2.05, 4.69) is 0 Å². The van der Waals surface area contributed by atoms with Crippen LogP contribution in [0.15, 0.2) is 41.0 Å². The second-order valence-electron chi connectivity index (χ2n) is 5.96. The van der Waals surface area contributed by atoms with Crippen molar-refractivity contribution in [3.63, 3.8) is 0 Å². The first-order valence-corrected chi connectivity index (χ1v) is 8.01. The van der Waals surface area contributed by atoms with Crippen molar-refractivity contribution in [1.82, 2.24) is 9.80 Å². The van der Waals surface area contributed by atoms with Gasteiger partial charge in [0.25, 0.3) is 11.8 Å². The number of benzene rings is 1. The number of furan rings is 1. The number of aryl methyl sites for hydroxylation is 1. The molecule has 3 rings (SSSR count). The third kappa shape index (κ3) is 4.21. The van der Waals surface area contributed by atoms with E-state index in [0.717, 1.165) is 5.56 Å². The maximum atomic E-state index is 12.5. The lowest BCUT2D eigenvalue weighted by atomic mass is 10.1. The van der Waals surface area contributed by atoms with Crippen molar-refractivity contribution in [2.24, 2.45) is 5.73 Å². The Kier molecular flexibility index (Phi) is 6.22. The predicted octanol–water partition coefficient (Wildman–Crippen LogP) is 2.07. The number of nitrogens with two attached hydrogens (primary N) is 1. The van der Waals surface area contributed by atoms with Gasteiger partial charge < -0.3 is 20.0 Å². The molecular weight excluding hydrogens is 342 g/mol. The maximum Gasteiger partial charge on any atom is 0.257 e. The summed E-state index contributed by atoms with van der Waals surface area (Å²) in [7, 11) is 0. The average molecular weight is 364 g/mol. The maximum absolute atomic E-state index is 12.5. The smallest absolute Gasteiger partial charge is 0.257 e. The van der Waals surface area contributed by atoms with E-state index in [1.54, 1.807) is 15.9 Å². The highest BCUT2D eigenvalue weighted by atomic mass is 35.5. The number of rotatable bonds is 3. The third-order valence-electron chi connectivity index (χ3n) is 4.25. The topological polar surface area (TPSA) is 79.8 Å². The molecule has 2 N–H and O–H groups in total. The van der Waals surface area contributed by atoms with Crippen LogP contribution in [0.3, 0.4) is 0 Å².